The number of halogens is 3. The average Bonchev–Trinajstić information content (AvgIpc) is 2.71. The maximum absolute atomic E-state index is 13.3. The minimum atomic E-state index is -0.552. The van der Waals surface area contributed by atoms with Crippen molar-refractivity contribution >= 4 is 27.3 Å². The van der Waals surface area contributed by atoms with Gasteiger partial charge in [0.15, 0.2) is 0 Å². The molecule has 0 aliphatic rings. The third-order valence-corrected chi connectivity index (χ3v) is 4.26. The van der Waals surface area contributed by atoms with Crippen molar-refractivity contribution in [1.29, 1.82) is 0 Å². The van der Waals surface area contributed by atoms with Crippen molar-refractivity contribution in [2.24, 2.45) is 0 Å². The minimum absolute atomic E-state index is 0.184. The first-order chi connectivity index (χ1) is 8.60. The Morgan fingerprint density at radius 3 is 2.39 bits per heavy atom. The zero-order valence-corrected chi connectivity index (χ0v) is 12.1. The van der Waals surface area contributed by atoms with Gasteiger partial charge in [-0.1, -0.05) is 6.92 Å². The topological polar surface area (TPSA) is 12.0 Å². The lowest BCUT2D eigenvalue weighted by Crippen LogP contribution is -2.21. The van der Waals surface area contributed by atoms with Gasteiger partial charge in [-0.15, -0.1) is 11.3 Å². The first-order valence-corrected chi connectivity index (χ1v) is 7.20. The van der Waals surface area contributed by atoms with E-state index in [-0.39, 0.29) is 6.04 Å². The zero-order chi connectivity index (χ0) is 13.1. The third-order valence-electron chi connectivity index (χ3n) is 2.50. The summed E-state index contributed by atoms with van der Waals surface area (Å²) in [4.78, 5) is 1.02. The summed E-state index contributed by atoms with van der Waals surface area (Å²) >= 11 is 4.94. The quantitative estimate of drug-likeness (QED) is 0.870. The molecule has 96 valence electrons. The summed E-state index contributed by atoms with van der Waals surface area (Å²) in [6.45, 7) is 2.68. The van der Waals surface area contributed by atoms with Gasteiger partial charge in [-0.05, 0) is 46.2 Å². The van der Waals surface area contributed by atoms with E-state index in [1.54, 1.807) is 11.3 Å². The Morgan fingerprint density at radius 2 is 1.89 bits per heavy atom. The van der Waals surface area contributed by atoms with Gasteiger partial charge in [0.25, 0.3) is 0 Å². The standard InChI is InChI=1S/C13H12BrF2NS/c1-2-17-13(12-5-9(14)7-18-12)8-3-10(15)6-11(16)4-8/h3-7,13,17H,2H2,1H3. The Labute approximate surface area is 117 Å². The van der Waals surface area contributed by atoms with Crippen LogP contribution in [0.2, 0.25) is 0 Å². The van der Waals surface area contributed by atoms with Gasteiger partial charge < -0.3 is 5.32 Å². The third kappa shape index (κ3) is 3.16. The van der Waals surface area contributed by atoms with Gasteiger partial charge in [0.2, 0.25) is 0 Å². The molecule has 1 heterocycles. The first-order valence-electron chi connectivity index (χ1n) is 5.53. The summed E-state index contributed by atoms with van der Waals surface area (Å²) in [7, 11) is 0. The Bertz CT molecular complexity index is 521. The lowest BCUT2D eigenvalue weighted by atomic mass is 10.0. The number of hydrogen-bond acceptors (Lipinski definition) is 2. The molecule has 1 unspecified atom stereocenters. The van der Waals surface area contributed by atoms with Crippen molar-refractivity contribution in [2.75, 3.05) is 6.54 Å². The van der Waals surface area contributed by atoms with Crippen molar-refractivity contribution in [2.45, 2.75) is 13.0 Å². The highest BCUT2D eigenvalue weighted by atomic mass is 79.9. The van der Waals surface area contributed by atoms with Crippen molar-refractivity contribution in [3.05, 3.63) is 56.2 Å². The maximum atomic E-state index is 13.3. The molecule has 0 aliphatic carbocycles. The fourth-order valence-electron chi connectivity index (χ4n) is 1.81. The summed E-state index contributed by atoms with van der Waals surface area (Å²) in [6.07, 6.45) is 0. The molecule has 1 aromatic carbocycles. The number of nitrogens with one attached hydrogen (secondary N) is 1. The summed E-state index contributed by atoms with van der Waals surface area (Å²) in [5.74, 6) is -1.10. The molecule has 1 nitrogen and oxygen atoms in total. The summed E-state index contributed by atoms with van der Waals surface area (Å²) in [5, 5.41) is 5.19. The van der Waals surface area contributed by atoms with Crippen LogP contribution in [0.5, 0.6) is 0 Å². The Kier molecular flexibility index (Phi) is 4.48. The molecule has 0 amide bonds. The largest absolute Gasteiger partial charge is 0.306 e. The second-order valence-electron chi connectivity index (χ2n) is 3.86. The molecule has 0 spiro atoms. The van der Waals surface area contributed by atoms with Crippen LogP contribution in [0.4, 0.5) is 8.78 Å². The molecule has 0 fully saturated rings. The number of benzene rings is 1. The molecule has 0 saturated carbocycles. The van der Waals surface area contributed by atoms with Crippen molar-refractivity contribution in [3.63, 3.8) is 0 Å². The molecule has 2 rings (SSSR count). The van der Waals surface area contributed by atoms with E-state index in [0.29, 0.717) is 5.56 Å². The van der Waals surface area contributed by atoms with Gasteiger partial charge in [-0.3, -0.25) is 0 Å². The molecule has 1 N–H and O–H groups in total. The number of rotatable bonds is 4. The predicted octanol–water partition coefficient (Wildman–Crippen LogP) is 4.49. The predicted molar refractivity (Wildman–Crippen MR) is 73.9 cm³/mol. The molecular weight excluding hydrogens is 320 g/mol. The molecule has 2 aromatic rings. The second kappa shape index (κ2) is 5.91. The van der Waals surface area contributed by atoms with E-state index in [0.717, 1.165) is 22.0 Å². The number of thiophene rings is 1. The SMILES string of the molecule is CCNC(c1cc(F)cc(F)c1)c1cc(Br)cs1. The van der Waals surface area contributed by atoms with Crippen molar-refractivity contribution in [1.82, 2.24) is 5.32 Å². The molecule has 1 aromatic heterocycles. The van der Waals surface area contributed by atoms with Crippen LogP contribution in [0.15, 0.2) is 34.1 Å². The van der Waals surface area contributed by atoms with Crippen molar-refractivity contribution in [3.8, 4) is 0 Å². The lowest BCUT2D eigenvalue weighted by Gasteiger charge is -2.17. The fraction of sp³-hybridized carbons (Fsp3) is 0.231. The average molecular weight is 332 g/mol. The highest BCUT2D eigenvalue weighted by Crippen LogP contribution is 2.30. The normalized spacial score (nSPS) is 12.7. The minimum Gasteiger partial charge on any atom is -0.306 e. The number of hydrogen-bond donors (Lipinski definition) is 1. The van der Waals surface area contributed by atoms with Crippen LogP contribution in [0.1, 0.15) is 23.4 Å². The highest BCUT2D eigenvalue weighted by Gasteiger charge is 2.16. The maximum Gasteiger partial charge on any atom is 0.126 e. The van der Waals surface area contributed by atoms with Crippen LogP contribution in [-0.4, -0.2) is 6.54 Å². The van der Waals surface area contributed by atoms with Crippen LogP contribution < -0.4 is 5.32 Å². The monoisotopic (exact) mass is 331 g/mol. The molecular formula is C13H12BrF2NS. The van der Waals surface area contributed by atoms with Gasteiger partial charge in [0, 0.05) is 20.8 Å². The lowest BCUT2D eigenvalue weighted by molar-refractivity contribution is 0.567. The molecule has 18 heavy (non-hydrogen) atoms. The molecule has 0 saturated heterocycles. The Morgan fingerprint density at radius 1 is 1.22 bits per heavy atom. The molecule has 0 aliphatic heterocycles. The van der Waals surface area contributed by atoms with Crippen LogP contribution in [0.25, 0.3) is 0 Å². The van der Waals surface area contributed by atoms with E-state index in [1.165, 1.54) is 12.1 Å². The van der Waals surface area contributed by atoms with E-state index in [9.17, 15) is 8.78 Å². The van der Waals surface area contributed by atoms with E-state index < -0.39 is 11.6 Å². The van der Waals surface area contributed by atoms with E-state index >= 15 is 0 Å². The summed E-state index contributed by atoms with van der Waals surface area (Å²) in [6, 6.07) is 5.39. The molecule has 5 heteroatoms. The summed E-state index contributed by atoms with van der Waals surface area (Å²) in [5.41, 5.74) is 0.601. The highest BCUT2D eigenvalue weighted by molar-refractivity contribution is 9.10. The molecule has 0 bridgehead atoms. The molecule has 1 atom stereocenters. The van der Waals surface area contributed by atoms with E-state index in [4.69, 9.17) is 0 Å². The van der Waals surface area contributed by atoms with E-state index in [1.807, 2.05) is 18.4 Å². The summed E-state index contributed by atoms with van der Waals surface area (Å²) < 4.78 is 27.5. The second-order valence-corrected chi connectivity index (χ2v) is 5.72. The van der Waals surface area contributed by atoms with Crippen molar-refractivity contribution < 1.29 is 8.78 Å². The van der Waals surface area contributed by atoms with Gasteiger partial charge in [0.1, 0.15) is 11.6 Å². The van der Waals surface area contributed by atoms with Gasteiger partial charge in [-0.2, -0.15) is 0 Å². The Balaban J connectivity index is 2.40. The van der Waals surface area contributed by atoms with E-state index in [2.05, 4.69) is 21.2 Å². The fourth-order valence-corrected chi connectivity index (χ4v) is 3.35. The van der Waals surface area contributed by atoms with Crippen LogP contribution >= 0.6 is 27.3 Å². The van der Waals surface area contributed by atoms with Gasteiger partial charge in [-0.25, -0.2) is 8.78 Å². The zero-order valence-electron chi connectivity index (χ0n) is 9.71. The smallest absolute Gasteiger partial charge is 0.126 e. The van der Waals surface area contributed by atoms with Gasteiger partial charge in [0.05, 0.1) is 6.04 Å². The molecule has 0 radical (unpaired) electrons. The first kappa shape index (κ1) is 13.6. The Hall–Kier alpha value is -0.780. The van der Waals surface area contributed by atoms with Crippen LogP contribution in [-0.2, 0) is 0 Å². The van der Waals surface area contributed by atoms with Crippen LogP contribution in [0, 0.1) is 11.6 Å². The van der Waals surface area contributed by atoms with Gasteiger partial charge >= 0.3 is 0 Å². The van der Waals surface area contributed by atoms with Crippen LogP contribution in [0.3, 0.4) is 0 Å².